The fraction of sp³-hybridized carbons (Fsp3) is 0.875. The molecule has 0 radical (unpaired) electrons. The van der Waals surface area contributed by atoms with Crippen molar-refractivity contribution >= 4 is 10.1 Å². The van der Waals surface area contributed by atoms with Gasteiger partial charge in [0.15, 0.2) is 5.79 Å². The third-order valence-electron chi connectivity index (χ3n) is 4.82. The Hall–Kier alpha value is -0.800. The molecule has 1 aliphatic heterocycles. The molecule has 0 aromatic rings. The van der Waals surface area contributed by atoms with Crippen LogP contribution in [-0.4, -0.2) is 32.4 Å². The summed E-state index contributed by atoms with van der Waals surface area (Å²) in [6, 6.07) is 0. The summed E-state index contributed by atoms with van der Waals surface area (Å²) in [4.78, 5) is 0. The highest BCUT2D eigenvalue weighted by atomic mass is 32.2. The quantitative estimate of drug-likeness (QED) is 0.484. The minimum atomic E-state index is -5.62. The van der Waals surface area contributed by atoms with E-state index < -0.39 is 21.4 Å². The fourth-order valence-corrected chi connectivity index (χ4v) is 3.80. The highest BCUT2D eigenvalue weighted by Gasteiger charge is 2.49. The molecule has 2 rings (SSSR count). The van der Waals surface area contributed by atoms with Crippen LogP contribution in [-0.2, 0) is 23.8 Å². The summed E-state index contributed by atoms with van der Waals surface area (Å²) in [6.45, 7) is 4.39. The lowest BCUT2D eigenvalue weighted by Gasteiger charge is -2.26. The molecule has 2 atom stereocenters. The topological polar surface area (TPSA) is 61.8 Å². The maximum absolute atomic E-state index is 12.5. The highest BCUT2D eigenvalue weighted by Crippen LogP contribution is 2.37. The van der Waals surface area contributed by atoms with Gasteiger partial charge in [0.25, 0.3) is 0 Å². The molecular weight excluding hydrogens is 361 g/mol. The van der Waals surface area contributed by atoms with Gasteiger partial charge in [-0.15, -0.1) is 0 Å². The minimum Gasteiger partial charge on any atom is -0.381 e. The van der Waals surface area contributed by atoms with Gasteiger partial charge in [-0.2, -0.15) is 21.6 Å². The summed E-state index contributed by atoms with van der Waals surface area (Å²) in [7, 11) is -5.62. The normalized spacial score (nSPS) is 27.2. The molecule has 1 unspecified atom stereocenters. The van der Waals surface area contributed by atoms with Crippen molar-refractivity contribution in [2.75, 3.05) is 6.61 Å². The van der Waals surface area contributed by atoms with Gasteiger partial charge in [0.05, 0.1) is 12.7 Å². The first kappa shape index (κ1) is 20.5. The summed E-state index contributed by atoms with van der Waals surface area (Å²) in [5, 5.41) is 0. The van der Waals surface area contributed by atoms with E-state index in [2.05, 4.69) is 4.18 Å². The van der Waals surface area contributed by atoms with Crippen molar-refractivity contribution in [2.24, 2.45) is 5.92 Å². The van der Waals surface area contributed by atoms with E-state index in [0.29, 0.717) is 32.3 Å². The third-order valence-corrected chi connectivity index (χ3v) is 5.80. The molecule has 1 aliphatic carbocycles. The van der Waals surface area contributed by atoms with Crippen molar-refractivity contribution in [3.8, 4) is 0 Å². The Morgan fingerprint density at radius 2 is 1.96 bits per heavy atom. The van der Waals surface area contributed by atoms with E-state index in [-0.39, 0.29) is 17.8 Å². The van der Waals surface area contributed by atoms with Crippen LogP contribution in [0.4, 0.5) is 13.2 Å². The molecule has 9 heteroatoms. The van der Waals surface area contributed by atoms with E-state index in [1.807, 2.05) is 13.8 Å². The van der Waals surface area contributed by atoms with Gasteiger partial charge in [-0.1, -0.05) is 13.8 Å². The molecule has 1 heterocycles. The van der Waals surface area contributed by atoms with Crippen LogP contribution in [0.15, 0.2) is 11.8 Å². The fourth-order valence-electron chi connectivity index (χ4n) is 3.25. The van der Waals surface area contributed by atoms with Crippen LogP contribution in [0.5, 0.6) is 0 Å². The van der Waals surface area contributed by atoms with Crippen LogP contribution in [0, 0.1) is 5.92 Å². The Kier molecular flexibility index (Phi) is 6.43. The predicted molar refractivity (Wildman–Crippen MR) is 84.9 cm³/mol. The molecule has 5 nitrogen and oxygen atoms in total. The lowest BCUT2D eigenvalue weighted by molar-refractivity contribution is -0.172. The van der Waals surface area contributed by atoms with E-state index in [1.54, 1.807) is 0 Å². The number of hydrogen-bond acceptors (Lipinski definition) is 5. The molecule has 25 heavy (non-hydrogen) atoms. The van der Waals surface area contributed by atoms with E-state index in [1.165, 1.54) is 6.08 Å². The molecular formula is C16H25F3O5S. The average molecular weight is 386 g/mol. The van der Waals surface area contributed by atoms with Crippen molar-refractivity contribution in [3.63, 3.8) is 0 Å². The first-order valence-electron chi connectivity index (χ1n) is 8.65. The first-order chi connectivity index (χ1) is 11.6. The second kappa shape index (κ2) is 7.84. The standard InChI is InChI=1S/C16H25F3O5S/c1-3-15(4-2)22-11-13(23-15)10-9-12-7-5-6-8-14(12)24-25(20,21)16(17,18)19/h8,12-13H,3-7,9-11H2,1-2H3/t12?,13-/m0/s1. The monoisotopic (exact) mass is 386 g/mol. The van der Waals surface area contributed by atoms with E-state index in [9.17, 15) is 21.6 Å². The van der Waals surface area contributed by atoms with Crippen LogP contribution < -0.4 is 0 Å². The van der Waals surface area contributed by atoms with Crippen molar-refractivity contribution in [3.05, 3.63) is 11.8 Å². The summed E-state index contributed by atoms with van der Waals surface area (Å²) >= 11 is 0. The number of hydrogen-bond donors (Lipinski definition) is 0. The molecule has 0 aromatic heterocycles. The molecule has 1 fully saturated rings. The van der Waals surface area contributed by atoms with Crippen molar-refractivity contribution in [1.82, 2.24) is 0 Å². The van der Waals surface area contributed by atoms with Gasteiger partial charge in [0.1, 0.15) is 5.76 Å². The van der Waals surface area contributed by atoms with Crippen LogP contribution in [0.25, 0.3) is 0 Å². The largest absolute Gasteiger partial charge is 0.534 e. The van der Waals surface area contributed by atoms with E-state index in [4.69, 9.17) is 9.47 Å². The second-order valence-electron chi connectivity index (χ2n) is 6.46. The van der Waals surface area contributed by atoms with E-state index >= 15 is 0 Å². The Bertz CT molecular complexity index is 581. The lowest BCUT2D eigenvalue weighted by atomic mass is 9.89. The summed E-state index contributed by atoms with van der Waals surface area (Å²) in [5.41, 5.74) is -5.42. The molecule has 0 spiro atoms. The third kappa shape index (κ3) is 4.89. The Balaban J connectivity index is 1.95. The Morgan fingerprint density at radius 1 is 1.28 bits per heavy atom. The van der Waals surface area contributed by atoms with Gasteiger partial charge in [-0.25, -0.2) is 0 Å². The van der Waals surface area contributed by atoms with Gasteiger partial charge in [-0.05, 0) is 51.0 Å². The average Bonchev–Trinajstić information content (AvgIpc) is 2.97. The zero-order valence-corrected chi connectivity index (χ0v) is 15.3. The summed E-state index contributed by atoms with van der Waals surface area (Å²) < 4.78 is 76.2. The van der Waals surface area contributed by atoms with Crippen molar-refractivity contribution < 1.29 is 35.2 Å². The van der Waals surface area contributed by atoms with Gasteiger partial charge in [-0.3, -0.25) is 0 Å². The van der Waals surface area contributed by atoms with E-state index in [0.717, 1.165) is 19.3 Å². The van der Waals surface area contributed by atoms with Crippen LogP contribution in [0.2, 0.25) is 0 Å². The molecule has 0 bridgehead atoms. The van der Waals surface area contributed by atoms with Crippen molar-refractivity contribution in [2.45, 2.75) is 76.2 Å². The maximum Gasteiger partial charge on any atom is 0.534 e. The van der Waals surface area contributed by atoms with Gasteiger partial charge < -0.3 is 13.7 Å². The first-order valence-corrected chi connectivity index (χ1v) is 10.1. The molecule has 0 saturated carbocycles. The maximum atomic E-state index is 12.5. The molecule has 0 aromatic carbocycles. The SMILES string of the molecule is CCC1(CC)OC[C@H](CCC2CCCC=C2OS(=O)(=O)C(F)(F)F)O1. The van der Waals surface area contributed by atoms with Crippen molar-refractivity contribution in [1.29, 1.82) is 0 Å². The predicted octanol–water partition coefficient (Wildman–Crippen LogP) is 4.25. The smallest absolute Gasteiger partial charge is 0.381 e. The molecule has 146 valence electrons. The Morgan fingerprint density at radius 3 is 2.52 bits per heavy atom. The number of rotatable bonds is 7. The number of ether oxygens (including phenoxy) is 2. The minimum absolute atomic E-state index is 0.0975. The van der Waals surface area contributed by atoms with Gasteiger partial charge in [0, 0.05) is 5.92 Å². The van der Waals surface area contributed by atoms with Crippen LogP contribution in [0.3, 0.4) is 0 Å². The molecule has 2 aliphatic rings. The lowest BCUT2D eigenvalue weighted by Crippen LogP contribution is -2.29. The highest BCUT2D eigenvalue weighted by molar-refractivity contribution is 7.87. The molecule has 0 amide bonds. The number of halogens is 3. The second-order valence-corrected chi connectivity index (χ2v) is 8.00. The number of allylic oxidation sites excluding steroid dienone is 2. The number of alkyl halides is 3. The Labute approximate surface area is 146 Å². The summed E-state index contributed by atoms with van der Waals surface area (Å²) in [5.74, 6) is -1.03. The van der Waals surface area contributed by atoms with Gasteiger partial charge >= 0.3 is 15.6 Å². The zero-order valence-electron chi connectivity index (χ0n) is 14.5. The molecule has 0 N–H and O–H groups in total. The van der Waals surface area contributed by atoms with Crippen LogP contribution >= 0.6 is 0 Å². The zero-order chi connectivity index (χ0) is 18.7. The molecule has 1 saturated heterocycles. The van der Waals surface area contributed by atoms with Gasteiger partial charge in [0.2, 0.25) is 0 Å². The summed E-state index contributed by atoms with van der Waals surface area (Å²) in [6.07, 6.45) is 5.74. The van der Waals surface area contributed by atoms with Crippen LogP contribution in [0.1, 0.15) is 58.8 Å².